The maximum absolute atomic E-state index is 12.0. The number of carbonyl (C=O) groups is 1. The fourth-order valence-electron chi connectivity index (χ4n) is 2.10. The Morgan fingerprint density at radius 3 is 2.52 bits per heavy atom. The number of carbonyl (C=O) groups excluding carboxylic acids is 1. The molecule has 1 aromatic carbocycles. The van der Waals surface area contributed by atoms with Gasteiger partial charge in [0, 0.05) is 14.1 Å². The molecule has 0 atom stereocenters. The minimum absolute atomic E-state index is 0.394. The summed E-state index contributed by atoms with van der Waals surface area (Å²) in [5.41, 5.74) is 2.79. The molecule has 0 aliphatic carbocycles. The van der Waals surface area contributed by atoms with E-state index in [1.807, 2.05) is 30.3 Å². The number of halogens is 1. The second kappa shape index (κ2) is 6.58. The van der Waals surface area contributed by atoms with Gasteiger partial charge in [-0.25, -0.2) is 4.79 Å². The van der Waals surface area contributed by atoms with Gasteiger partial charge in [-0.05, 0) is 21.5 Å². The van der Waals surface area contributed by atoms with Crippen molar-refractivity contribution in [3.05, 3.63) is 52.9 Å². The fraction of sp³-hybridized carbons (Fsp3) is 0.200. The highest BCUT2D eigenvalue weighted by Gasteiger charge is 2.32. The van der Waals surface area contributed by atoms with Gasteiger partial charge in [-0.15, -0.1) is 0 Å². The molecule has 0 radical (unpaired) electrons. The highest BCUT2D eigenvalue weighted by Crippen LogP contribution is 2.31. The van der Waals surface area contributed by atoms with Crippen LogP contribution in [0.25, 0.3) is 4.48 Å². The topological polar surface area (TPSA) is 62.7 Å². The molecule has 0 saturated carbocycles. The molecule has 0 saturated heterocycles. The average molecular weight is 350 g/mol. The van der Waals surface area contributed by atoms with Gasteiger partial charge in [-0.1, -0.05) is 30.3 Å². The first kappa shape index (κ1) is 15.3. The average Bonchev–Trinajstić information content (AvgIpc) is 2.92. The summed E-state index contributed by atoms with van der Waals surface area (Å²) in [5, 5.41) is 6.19. The summed E-state index contributed by atoms with van der Waals surface area (Å²) < 4.78 is 5.68. The number of hydrogen-bond acceptors (Lipinski definition) is 4. The molecule has 1 aliphatic rings. The molecule has 1 heterocycles. The second-order valence-electron chi connectivity index (χ2n) is 4.24. The van der Waals surface area contributed by atoms with Crippen LogP contribution in [-0.4, -0.2) is 33.0 Å². The van der Waals surface area contributed by atoms with E-state index >= 15 is 0 Å². The number of aliphatic imine (C=N–C) groups is 1. The Bertz CT molecular complexity index is 648. The number of nitrogens with one attached hydrogen (secondary N) is 2. The lowest BCUT2D eigenvalue weighted by Crippen LogP contribution is -2.21. The van der Waals surface area contributed by atoms with Crippen LogP contribution in [0.15, 0.2) is 52.3 Å². The van der Waals surface area contributed by atoms with Crippen LogP contribution in [0, 0.1) is 0 Å². The van der Waals surface area contributed by atoms with Crippen LogP contribution in [0.1, 0.15) is 5.56 Å². The smallest absolute Gasteiger partial charge is 0.343 e. The lowest BCUT2D eigenvalue weighted by molar-refractivity contribution is -0.135. The van der Waals surface area contributed by atoms with Gasteiger partial charge in [0.2, 0.25) is 0 Å². The Balaban J connectivity index is 2.61. The Morgan fingerprint density at radius 1 is 1.33 bits per heavy atom. The molecule has 5 nitrogen and oxygen atoms in total. The molecular weight excluding hydrogens is 334 g/mol. The van der Waals surface area contributed by atoms with Gasteiger partial charge in [-0.2, -0.15) is 0 Å². The third-order valence-corrected chi connectivity index (χ3v) is 3.94. The summed E-state index contributed by atoms with van der Waals surface area (Å²) in [4.78, 5) is 16.1. The highest BCUT2D eigenvalue weighted by molar-refractivity contribution is 9.15. The van der Waals surface area contributed by atoms with Crippen molar-refractivity contribution in [2.24, 2.45) is 4.99 Å². The molecule has 21 heavy (non-hydrogen) atoms. The summed E-state index contributed by atoms with van der Waals surface area (Å²) in [7, 11) is 4.73. The third kappa shape index (κ3) is 2.85. The van der Waals surface area contributed by atoms with E-state index in [0.717, 1.165) is 15.7 Å². The number of rotatable bonds is 3. The SMILES string of the molecule is CN=C1N/C(=C(\Br)c2ccccc2)C(NC)=C1C(=O)OC. The molecule has 0 spiro atoms. The Kier molecular flexibility index (Phi) is 4.80. The van der Waals surface area contributed by atoms with E-state index in [0.29, 0.717) is 17.1 Å². The summed E-state index contributed by atoms with van der Waals surface area (Å²) in [6, 6.07) is 9.80. The Labute approximate surface area is 131 Å². The summed E-state index contributed by atoms with van der Waals surface area (Å²) in [6.07, 6.45) is 0. The Morgan fingerprint density at radius 2 is 2.00 bits per heavy atom. The van der Waals surface area contributed by atoms with Crippen molar-refractivity contribution in [1.29, 1.82) is 0 Å². The highest BCUT2D eigenvalue weighted by atomic mass is 79.9. The van der Waals surface area contributed by atoms with Gasteiger partial charge in [0.15, 0.2) is 0 Å². The van der Waals surface area contributed by atoms with E-state index in [-0.39, 0.29) is 0 Å². The lowest BCUT2D eigenvalue weighted by Gasteiger charge is -2.09. The third-order valence-electron chi connectivity index (χ3n) is 3.09. The standard InChI is InChI=1S/C15H16BrN3O2/c1-17-12-10(15(20)21-3)14(18-2)19-13(12)11(16)9-7-5-4-6-8-9/h4-8,17H,1-3H3,(H,18,19)/b13-11-. The number of nitrogens with zero attached hydrogens (tertiary/aromatic N) is 1. The van der Waals surface area contributed by atoms with E-state index in [2.05, 4.69) is 31.6 Å². The second-order valence-corrected chi connectivity index (χ2v) is 5.04. The van der Waals surface area contributed by atoms with E-state index < -0.39 is 5.97 Å². The molecule has 2 rings (SSSR count). The van der Waals surface area contributed by atoms with Gasteiger partial charge >= 0.3 is 5.97 Å². The van der Waals surface area contributed by atoms with Crippen molar-refractivity contribution in [3.63, 3.8) is 0 Å². The van der Waals surface area contributed by atoms with Crippen LogP contribution in [-0.2, 0) is 9.53 Å². The maximum atomic E-state index is 12.0. The molecule has 0 fully saturated rings. The zero-order chi connectivity index (χ0) is 15.4. The minimum Gasteiger partial charge on any atom is -0.465 e. The van der Waals surface area contributed by atoms with Crippen LogP contribution < -0.4 is 10.6 Å². The van der Waals surface area contributed by atoms with Crippen molar-refractivity contribution >= 4 is 32.2 Å². The number of esters is 1. The molecule has 1 aromatic rings. The van der Waals surface area contributed by atoms with E-state index in [1.54, 1.807) is 14.1 Å². The molecule has 0 amide bonds. The van der Waals surface area contributed by atoms with Gasteiger partial charge in [0.1, 0.15) is 11.4 Å². The van der Waals surface area contributed by atoms with Crippen LogP contribution in [0.2, 0.25) is 0 Å². The lowest BCUT2D eigenvalue weighted by atomic mass is 10.1. The van der Waals surface area contributed by atoms with Crippen molar-refractivity contribution in [2.45, 2.75) is 0 Å². The largest absolute Gasteiger partial charge is 0.465 e. The molecule has 0 unspecified atom stereocenters. The predicted molar refractivity (Wildman–Crippen MR) is 86.9 cm³/mol. The summed E-state index contributed by atoms with van der Waals surface area (Å²) >= 11 is 3.59. The Hall–Kier alpha value is -2.08. The van der Waals surface area contributed by atoms with Crippen molar-refractivity contribution < 1.29 is 9.53 Å². The van der Waals surface area contributed by atoms with Crippen LogP contribution in [0.3, 0.4) is 0 Å². The number of methoxy groups -OCH3 is 1. The first-order valence-corrected chi connectivity index (χ1v) is 7.13. The molecule has 2 N–H and O–H groups in total. The number of likely N-dealkylation sites (N-methyl/N-ethyl adjacent to an activating group) is 1. The number of hydrogen-bond donors (Lipinski definition) is 2. The van der Waals surface area contributed by atoms with Crippen molar-refractivity contribution in [3.8, 4) is 0 Å². The van der Waals surface area contributed by atoms with E-state index in [9.17, 15) is 4.79 Å². The number of amidine groups is 1. The number of benzene rings is 1. The van der Waals surface area contributed by atoms with Crippen LogP contribution >= 0.6 is 15.9 Å². The summed E-state index contributed by atoms with van der Waals surface area (Å²) in [6.45, 7) is 0. The quantitative estimate of drug-likeness (QED) is 0.819. The summed E-state index contributed by atoms with van der Waals surface area (Å²) in [5.74, 6) is 0.0462. The first-order valence-electron chi connectivity index (χ1n) is 6.34. The maximum Gasteiger partial charge on any atom is 0.343 e. The molecule has 6 heteroatoms. The van der Waals surface area contributed by atoms with Crippen LogP contribution in [0.4, 0.5) is 0 Å². The van der Waals surface area contributed by atoms with Crippen molar-refractivity contribution in [2.75, 3.05) is 21.2 Å². The zero-order valence-electron chi connectivity index (χ0n) is 12.0. The van der Waals surface area contributed by atoms with Crippen LogP contribution in [0.5, 0.6) is 0 Å². The molecule has 0 aromatic heterocycles. The molecule has 0 bridgehead atoms. The molecule has 1 aliphatic heterocycles. The minimum atomic E-state index is -0.434. The normalized spacial score (nSPS) is 18.6. The van der Waals surface area contributed by atoms with Gasteiger partial charge in [0.25, 0.3) is 0 Å². The predicted octanol–water partition coefficient (Wildman–Crippen LogP) is 2.03. The number of ether oxygens (including phenoxy) is 1. The molecule has 110 valence electrons. The zero-order valence-corrected chi connectivity index (χ0v) is 13.6. The van der Waals surface area contributed by atoms with Gasteiger partial charge < -0.3 is 15.4 Å². The van der Waals surface area contributed by atoms with Crippen molar-refractivity contribution in [1.82, 2.24) is 10.6 Å². The van der Waals surface area contributed by atoms with E-state index in [1.165, 1.54) is 7.11 Å². The van der Waals surface area contributed by atoms with Gasteiger partial charge in [0.05, 0.1) is 23.0 Å². The molecular formula is C15H16BrN3O2. The monoisotopic (exact) mass is 349 g/mol. The van der Waals surface area contributed by atoms with Gasteiger partial charge in [-0.3, -0.25) is 4.99 Å². The fourth-order valence-corrected chi connectivity index (χ4v) is 2.66. The first-order chi connectivity index (χ1) is 10.1. The van der Waals surface area contributed by atoms with E-state index in [4.69, 9.17) is 4.74 Å².